The summed E-state index contributed by atoms with van der Waals surface area (Å²) in [6, 6.07) is 0. The fourth-order valence-electron chi connectivity index (χ4n) is 2.68. The van der Waals surface area contributed by atoms with Crippen LogP contribution < -0.4 is 0 Å². The normalized spacial score (nSPS) is 17.5. The first kappa shape index (κ1) is 12.0. The lowest BCUT2D eigenvalue weighted by atomic mass is 9.97. The Morgan fingerprint density at radius 2 is 2.06 bits per heavy atom. The molecular weight excluding hydrogens is 220 g/mol. The summed E-state index contributed by atoms with van der Waals surface area (Å²) in [4.78, 5) is 0. The van der Waals surface area contributed by atoms with Crippen LogP contribution in [0.1, 0.15) is 62.4 Å². The van der Waals surface area contributed by atoms with Crippen molar-refractivity contribution in [3.63, 3.8) is 0 Å². The fraction of sp³-hybridized carbons (Fsp3) is 0.769. The van der Waals surface area contributed by atoms with Gasteiger partial charge in [0, 0.05) is 17.2 Å². The summed E-state index contributed by atoms with van der Waals surface area (Å²) in [5, 5.41) is 7.71. The number of H-pyrrole nitrogens is 1. The highest BCUT2D eigenvalue weighted by Crippen LogP contribution is 2.36. The Bertz CT molecular complexity index is 338. The first-order valence-electron chi connectivity index (χ1n) is 6.34. The SMILES string of the molecule is CC(C)Cc1[nH]nc(C2CCCC2)c1CCl. The predicted molar refractivity (Wildman–Crippen MR) is 67.9 cm³/mol. The van der Waals surface area contributed by atoms with Crippen LogP contribution in [0.5, 0.6) is 0 Å². The third-order valence-electron chi connectivity index (χ3n) is 3.47. The molecule has 0 aliphatic heterocycles. The highest BCUT2D eigenvalue weighted by Gasteiger charge is 2.24. The molecule has 90 valence electrons. The fourth-order valence-corrected chi connectivity index (χ4v) is 2.98. The number of aromatic nitrogens is 2. The van der Waals surface area contributed by atoms with Gasteiger partial charge in [-0.25, -0.2) is 0 Å². The van der Waals surface area contributed by atoms with Gasteiger partial charge in [-0.15, -0.1) is 11.6 Å². The molecule has 1 saturated carbocycles. The van der Waals surface area contributed by atoms with Crippen LogP contribution in [0.15, 0.2) is 0 Å². The van der Waals surface area contributed by atoms with E-state index in [4.69, 9.17) is 11.6 Å². The van der Waals surface area contributed by atoms with Crippen molar-refractivity contribution in [2.75, 3.05) is 0 Å². The molecule has 0 amide bonds. The van der Waals surface area contributed by atoms with E-state index in [0.717, 1.165) is 6.42 Å². The predicted octanol–water partition coefficient (Wildman–Crippen LogP) is 4.00. The first-order chi connectivity index (χ1) is 7.72. The van der Waals surface area contributed by atoms with Gasteiger partial charge in [0.1, 0.15) is 0 Å². The molecule has 1 heterocycles. The van der Waals surface area contributed by atoms with E-state index in [2.05, 4.69) is 24.0 Å². The van der Waals surface area contributed by atoms with Gasteiger partial charge in [-0.1, -0.05) is 26.7 Å². The largest absolute Gasteiger partial charge is 0.282 e. The molecule has 0 saturated heterocycles. The van der Waals surface area contributed by atoms with Crippen molar-refractivity contribution in [1.29, 1.82) is 0 Å². The van der Waals surface area contributed by atoms with Gasteiger partial charge in [0.2, 0.25) is 0 Å². The lowest BCUT2D eigenvalue weighted by Gasteiger charge is -2.09. The summed E-state index contributed by atoms with van der Waals surface area (Å²) in [5.74, 6) is 1.91. The number of aromatic amines is 1. The second-order valence-corrected chi connectivity index (χ2v) is 5.55. The Hall–Kier alpha value is -0.500. The smallest absolute Gasteiger partial charge is 0.0699 e. The van der Waals surface area contributed by atoms with Crippen LogP contribution in [-0.2, 0) is 12.3 Å². The summed E-state index contributed by atoms with van der Waals surface area (Å²) in [6.45, 7) is 4.46. The zero-order valence-corrected chi connectivity index (χ0v) is 11.0. The molecule has 0 radical (unpaired) electrons. The van der Waals surface area contributed by atoms with Gasteiger partial charge in [0.15, 0.2) is 0 Å². The number of hydrogen-bond acceptors (Lipinski definition) is 1. The van der Waals surface area contributed by atoms with Crippen molar-refractivity contribution in [1.82, 2.24) is 10.2 Å². The van der Waals surface area contributed by atoms with Gasteiger partial charge >= 0.3 is 0 Å². The van der Waals surface area contributed by atoms with Crippen molar-refractivity contribution < 1.29 is 0 Å². The van der Waals surface area contributed by atoms with Crippen molar-refractivity contribution in [2.45, 2.75) is 57.7 Å². The molecule has 1 N–H and O–H groups in total. The molecular formula is C13H21ClN2. The van der Waals surface area contributed by atoms with Gasteiger partial charge in [0.25, 0.3) is 0 Å². The third kappa shape index (κ3) is 2.42. The van der Waals surface area contributed by atoms with Crippen LogP contribution in [0.3, 0.4) is 0 Å². The Kier molecular flexibility index (Phi) is 3.91. The van der Waals surface area contributed by atoms with Crippen LogP contribution in [0.25, 0.3) is 0 Å². The molecule has 2 nitrogen and oxygen atoms in total. The lowest BCUT2D eigenvalue weighted by Crippen LogP contribution is -2.00. The van der Waals surface area contributed by atoms with E-state index in [-0.39, 0.29) is 0 Å². The number of nitrogens with zero attached hydrogens (tertiary/aromatic N) is 1. The Labute approximate surface area is 103 Å². The lowest BCUT2D eigenvalue weighted by molar-refractivity contribution is 0.631. The second kappa shape index (κ2) is 5.22. The molecule has 1 aromatic heterocycles. The minimum Gasteiger partial charge on any atom is -0.282 e. The highest BCUT2D eigenvalue weighted by atomic mass is 35.5. The van der Waals surface area contributed by atoms with E-state index in [1.165, 1.54) is 42.6 Å². The summed E-state index contributed by atoms with van der Waals surface area (Å²) < 4.78 is 0. The number of rotatable bonds is 4. The topological polar surface area (TPSA) is 28.7 Å². The van der Waals surface area contributed by atoms with Gasteiger partial charge in [-0.05, 0) is 25.2 Å². The van der Waals surface area contributed by atoms with E-state index in [1.54, 1.807) is 0 Å². The molecule has 0 atom stereocenters. The minimum atomic E-state index is 0.602. The number of nitrogens with one attached hydrogen (secondary N) is 1. The van der Waals surface area contributed by atoms with Gasteiger partial charge in [-0.2, -0.15) is 5.10 Å². The van der Waals surface area contributed by atoms with Crippen molar-refractivity contribution in [2.24, 2.45) is 5.92 Å². The zero-order chi connectivity index (χ0) is 11.5. The monoisotopic (exact) mass is 240 g/mol. The molecule has 0 spiro atoms. The van der Waals surface area contributed by atoms with Crippen molar-refractivity contribution in [3.8, 4) is 0 Å². The average molecular weight is 241 g/mol. The molecule has 1 aliphatic rings. The summed E-state index contributed by atoms with van der Waals surface area (Å²) in [5.41, 5.74) is 3.79. The number of hydrogen-bond donors (Lipinski definition) is 1. The second-order valence-electron chi connectivity index (χ2n) is 5.28. The van der Waals surface area contributed by atoms with E-state index >= 15 is 0 Å². The van der Waals surface area contributed by atoms with Gasteiger partial charge in [0.05, 0.1) is 11.6 Å². The maximum atomic E-state index is 6.08. The molecule has 0 bridgehead atoms. The molecule has 0 aromatic carbocycles. The zero-order valence-electron chi connectivity index (χ0n) is 10.2. The van der Waals surface area contributed by atoms with Crippen LogP contribution >= 0.6 is 11.6 Å². The number of halogens is 1. The van der Waals surface area contributed by atoms with E-state index in [9.17, 15) is 0 Å². The Balaban J connectivity index is 2.21. The van der Waals surface area contributed by atoms with E-state index < -0.39 is 0 Å². The maximum Gasteiger partial charge on any atom is 0.0699 e. The molecule has 16 heavy (non-hydrogen) atoms. The van der Waals surface area contributed by atoms with Gasteiger partial charge in [-0.3, -0.25) is 5.10 Å². The van der Waals surface area contributed by atoms with Gasteiger partial charge < -0.3 is 0 Å². The number of alkyl halides is 1. The molecule has 1 fully saturated rings. The van der Waals surface area contributed by atoms with E-state index in [0.29, 0.717) is 17.7 Å². The molecule has 3 heteroatoms. The molecule has 1 aromatic rings. The van der Waals surface area contributed by atoms with Crippen LogP contribution in [0, 0.1) is 5.92 Å². The summed E-state index contributed by atoms with van der Waals surface area (Å²) in [7, 11) is 0. The maximum absolute atomic E-state index is 6.08. The molecule has 0 unspecified atom stereocenters. The standard InChI is InChI=1S/C13H21ClN2/c1-9(2)7-12-11(8-14)13(16-15-12)10-5-3-4-6-10/h9-10H,3-8H2,1-2H3,(H,15,16). The quantitative estimate of drug-likeness (QED) is 0.792. The molecule has 2 rings (SSSR count). The highest BCUT2D eigenvalue weighted by molar-refractivity contribution is 6.17. The van der Waals surface area contributed by atoms with Crippen LogP contribution in [0.4, 0.5) is 0 Å². The summed E-state index contributed by atoms with van der Waals surface area (Å²) >= 11 is 6.08. The van der Waals surface area contributed by atoms with Crippen LogP contribution in [0.2, 0.25) is 0 Å². The minimum absolute atomic E-state index is 0.602. The third-order valence-corrected chi connectivity index (χ3v) is 3.74. The summed E-state index contributed by atoms with van der Waals surface area (Å²) in [6.07, 6.45) is 6.32. The van der Waals surface area contributed by atoms with Crippen molar-refractivity contribution in [3.05, 3.63) is 17.0 Å². The Morgan fingerprint density at radius 1 is 1.38 bits per heavy atom. The van der Waals surface area contributed by atoms with Crippen LogP contribution in [-0.4, -0.2) is 10.2 Å². The average Bonchev–Trinajstić information content (AvgIpc) is 2.84. The Morgan fingerprint density at radius 3 is 2.62 bits per heavy atom. The first-order valence-corrected chi connectivity index (χ1v) is 6.87. The van der Waals surface area contributed by atoms with E-state index in [1.807, 2.05) is 0 Å². The molecule has 1 aliphatic carbocycles. The van der Waals surface area contributed by atoms with Crippen molar-refractivity contribution >= 4 is 11.6 Å².